The largest absolute Gasteiger partial charge is 0.445 e. The lowest BCUT2D eigenvalue weighted by Gasteiger charge is -2.04. The Morgan fingerprint density at radius 1 is 1.39 bits per heavy atom. The van der Waals surface area contributed by atoms with Crippen LogP contribution in [0.15, 0.2) is 45.3 Å². The summed E-state index contributed by atoms with van der Waals surface area (Å²) in [6, 6.07) is 6.03. The molecule has 2 aromatic heterocycles. The second-order valence-electron chi connectivity index (χ2n) is 5.91. The number of nitrogens with one attached hydrogen (secondary N) is 1. The van der Waals surface area contributed by atoms with Crippen LogP contribution in [0.3, 0.4) is 0 Å². The van der Waals surface area contributed by atoms with E-state index in [2.05, 4.69) is 15.3 Å². The first kappa shape index (κ1) is 20.0. The van der Waals surface area contributed by atoms with E-state index < -0.39 is 4.92 Å². The van der Waals surface area contributed by atoms with Gasteiger partial charge >= 0.3 is 0 Å². The molecule has 0 saturated heterocycles. The summed E-state index contributed by atoms with van der Waals surface area (Å²) in [5, 5.41) is 14.1. The van der Waals surface area contributed by atoms with Gasteiger partial charge in [-0.05, 0) is 12.5 Å². The van der Waals surface area contributed by atoms with E-state index in [-0.39, 0.29) is 23.3 Å². The third kappa shape index (κ3) is 5.17. The minimum Gasteiger partial charge on any atom is -0.445 e. The number of thioether (sulfide) groups is 1. The normalized spacial score (nSPS) is 11.9. The van der Waals surface area contributed by atoms with E-state index >= 15 is 0 Å². The first-order valence-corrected chi connectivity index (χ1v) is 10.2. The second kappa shape index (κ2) is 8.98. The van der Waals surface area contributed by atoms with Gasteiger partial charge < -0.3 is 9.73 Å². The number of aryl methyl sites for hydroxylation is 1. The molecule has 0 aliphatic carbocycles. The minimum atomic E-state index is -0.482. The van der Waals surface area contributed by atoms with Crippen LogP contribution in [0.5, 0.6) is 0 Å². The first-order chi connectivity index (χ1) is 13.4. The van der Waals surface area contributed by atoms with Gasteiger partial charge in [0.05, 0.1) is 33.2 Å². The highest BCUT2D eigenvalue weighted by Gasteiger charge is 2.16. The molecule has 0 saturated carbocycles. The average Bonchev–Trinajstić information content (AvgIpc) is 3.31. The molecule has 1 amide bonds. The lowest BCUT2D eigenvalue weighted by molar-refractivity contribution is -0.384. The molecule has 2 heterocycles. The number of benzene rings is 1. The summed E-state index contributed by atoms with van der Waals surface area (Å²) in [4.78, 5) is 31.1. The van der Waals surface area contributed by atoms with Gasteiger partial charge in [0.25, 0.3) is 5.69 Å². The van der Waals surface area contributed by atoms with E-state index in [1.165, 1.54) is 23.5 Å². The maximum Gasteiger partial charge on any atom is 0.269 e. The van der Waals surface area contributed by atoms with Gasteiger partial charge in [-0.3, -0.25) is 14.9 Å². The molecule has 0 aliphatic rings. The number of oxazole rings is 1. The number of anilines is 1. The zero-order valence-electron chi connectivity index (χ0n) is 15.2. The van der Waals surface area contributed by atoms with E-state index in [9.17, 15) is 14.9 Å². The Balaban J connectivity index is 1.57. The van der Waals surface area contributed by atoms with E-state index in [4.69, 9.17) is 4.42 Å². The Hall–Kier alpha value is -2.72. The summed E-state index contributed by atoms with van der Waals surface area (Å²) in [7, 11) is 0. The number of nitrogens with zero attached hydrogens (tertiary/aromatic N) is 3. The highest BCUT2D eigenvalue weighted by Crippen LogP contribution is 2.38. The van der Waals surface area contributed by atoms with Gasteiger partial charge in [-0.15, -0.1) is 11.8 Å². The fourth-order valence-corrected chi connectivity index (χ4v) is 4.50. The molecule has 8 nitrogen and oxygen atoms in total. The Morgan fingerprint density at radius 2 is 2.21 bits per heavy atom. The predicted octanol–water partition coefficient (Wildman–Crippen LogP) is 4.64. The van der Waals surface area contributed by atoms with E-state index in [1.54, 1.807) is 36.3 Å². The van der Waals surface area contributed by atoms with Crippen molar-refractivity contribution in [3.63, 3.8) is 0 Å². The first-order valence-electron chi connectivity index (χ1n) is 8.55. The number of rotatable bonds is 8. The van der Waals surface area contributed by atoms with Crippen LogP contribution in [0, 0.1) is 10.1 Å². The summed E-state index contributed by atoms with van der Waals surface area (Å²) in [5.74, 6) is 1.23. The van der Waals surface area contributed by atoms with Crippen molar-refractivity contribution >= 4 is 39.8 Å². The minimum absolute atomic E-state index is 0.0224. The molecular weight excluding hydrogens is 400 g/mol. The molecule has 28 heavy (non-hydrogen) atoms. The van der Waals surface area contributed by atoms with Crippen LogP contribution in [-0.2, 0) is 17.6 Å². The number of hydrogen-bond donors (Lipinski definition) is 1. The van der Waals surface area contributed by atoms with E-state index in [1.807, 2.05) is 13.8 Å². The monoisotopic (exact) mass is 418 g/mol. The van der Waals surface area contributed by atoms with E-state index in [0.29, 0.717) is 16.6 Å². The van der Waals surface area contributed by atoms with Crippen LogP contribution < -0.4 is 5.32 Å². The molecule has 1 aromatic carbocycles. The van der Waals surface area contributed by atoms with Gasteiger partial charge in [-0.25, -0.2) is 9.97 Å². The van der Waals surface area contributed by atoms with Gasteiger partial charge in [0.15, 0.2) is 5.13 Å². The lowest BCUT2D eigenvalue weighted by atomic mass is 10.1. The topological polar surface area (TPSA) is 111 Å². The predicted molar refractivity (Wildman–Crippen MR) is 108 cm³/mol. The molecule has 0 bridgehead atoms. The fraction of sp³-hybridized carbons (Fsp3) is 0.278. The quantitative estimate of drug-likeness (QED) is 0.322. The summed E-state index contributed by atoms with van der Waals surface area (Å²) < 4.78 is 6.59. The van der Waals surface area contributed by atoms with Crippen molar-refractivity contribution in [2.24, 2.45) is 0 Å². The zero-order chi connectivity index (χ0) is 20.1. The number of hydrogen-bond acceptors (Lipinski definition) is 8. The molecule has 146 valence electrons. The maximum absolute atomic E-state index is 12.2. The lowest BCUT2D eigenvalue weighted by Crippen LogP contribution is -2.14. The van der Waals surface area contributed by atoms with Crippen LogP contribution in [0.2, 0.25) is 0 Å². The number of carbonyl (C=O) groups excluding carboxylic acids is 1. The highest BCUT2D eigenvalue weighted by atomic mass is 32.2. The highest BCUT2D eigenvalue weighted by molar-refractivity contribution is 8.01. The van der Waals surface area contributed by atoms with E-state index in [0.717, 1.165) is 16.4 Å². The standard InChI is InChI=1S/C18H18N4O4S2/c1-3-14-9-19-17(26-14)11(2)27-16-10-20-18(28-16)21-15(23)8-12-5-4-6-13(7-12)22(24)25/h4-7,9-11H,3,8H2,1-2H3,(H,20,21,23). The van der Waals surface area contributed by atoms with Gasteiger partial charge in [0, 0.05) is 18.6 Å². The third-order valence-electron chi connectivity index (χ3n) is 3.78. The summed E-state index contributed by atoms with van der Waals surface area (Å²) in [6.07, 6.45) is 4.26. The molecule has 3 rings (SSSR count). The number of non-ortho nitro benzene ring substituents is 1. The summed E-state index contributed by atoms with van der Waals surface area (Å²) >= 11 is 2.91. The Bertz CT molecular complexity index is 985. The van der Waals surface area contributed by atoms with Crippen molar-refractivity contribution in [2.45, 2.75) is 36.1 Å². The molecule has 0 aliphatic heterocycles. The number of nitro groups is 1. The summed E-state index contributed by atoms with van der Waals surface area (Å²) in [6.45, 7) is 4.00. The van der Waals surface area contributed by atoms with Crippen molar-refractivity contribution in [1.82, 2.24) is 9.97 Å². The summed E-state index contributed by atoms with van der Waals surface area (Å²) in [5.41, 5.74) is 0.534. The van der Waals surface area contributed by atoms with Crippen molar-refractivity contribution in [3.05, 3.63) is 64.0 Å². The van der Waals surface area contributed by atoms with Gasteiger partial charge in [-0.1, -0.05) is 30.4 Å². The third-order valence-corrected chi connectivity index (χ3v) is 5.92. The van der Waals surface area contributed by atoms with Crippen molar-refractivity contribution in [3.8, 4) is 0 Å². The maximum atomic E-state index is 12.2. The zero-order valence-corrected chi connectivity index (χ0v) is 16.9. The van der Waals surface area contributed by atoms with Crippen molar-refractivity contribution in [2.75, 3.05) is 5.32 Å². The Kier molecular flexibility index (Phi) is 6.42. The van der Waals surface area contributed by atoms with Crippen molar-refractivity contribution in [1.29, 1.82) is 0 Å². The molecule has 0 fully saturated rings. The number of carbonyl (C=O) groups is 1. The second-order valence-corrected chi connectivity index (χ2v) is 8.59. The van der Waals surface area contributed by atoms with Crippen LogP contribution >= 0.6 is 23.1 Å². The molecule has 10 heteroatoms. The van der Waals surface area contributed by atoms with Crippen LogP contribution in [0.1, 0.15) is 36.3 Å². The molecule has 0 radical (unpaired) electrons. The fourth-order valence-electron chi connectivity index (χ4n) is 2.40. The van der Waals surface area contributed by atoms with Gasteiger partial charge in [0.2, 0.25) is 11.8 Å². The van der Waals surface area contributed by atoms with Crippen LogP contribution in [0.4, 0.5) is 10.8 Å². The number of nitro benzene ring substituents is 1. The molecule has 1 unspecified atom stereocenters. The molecule has 3 aromatic rings. The molecule has 1 N–H and O–H groups in total. The molecule has 0 spiro atoms. The number of thiazole rings is 1. The van der Waals surface area contributed by atoms with Gasteiger partial charge in [-0.2, -0.15) is 0 Å². The smallest absolute Gasteiger partial charge is 0.269 e. The SMILES string of the molecule is CCc1cnc(C(C)Sc2cnc(NC(=O)Cc3cccc([N+](=O)[O-])c3)s2)o1. The Morgan fingerprint density at radius 3 is 2.93 bits per heavy atom. The van der Waals surface area contributed by atoms with Crippen molar-refractivity contribution < 1.29 is 14.1 Å². The average molecular weight is 419 g/mol. The van der Waals surface area contributed by atoms with Gasteiger partial charge in [0.1, 0.15) is 5.76 Å². The number of aromatic nitrogens is 2. The Labute approximate surface area is 169 Å². The van der Waals surface area contributed by atoms with Crippen LogP contribution in [0.25, 0.3) is 0 Å². The molecule has 1 atom stereocenters. The molecular formula is C18H18N4O4S2. The van der Waals surface area contributed by atoms with Crippen LogP contribution in [-0.4, -0.2) is 20.8 Å². The number of amides is 1.